The number of aromatic nitrogens is 2. The smallest absolute Gasteiger partial charge is 0.303 e. The second-order valence-corrected chi connectivity index (χ2v) is 4.24. The molecule has 4 heteroatoms. The molecule has 0 atom stereocenters. The van der Waals surface area contributed by atoms with Gasteiger partial charge in [-0.1, -0.05) is 12.1 Å². The monoisotopic (exact) mass is 233 g/mol. The van der Waals surface area contributed by atoms with Crippen LogP contribution in [0.1, 0.15) is 18.7 Å². The average molecular weight is 233 g/mol. The molecule has 90 valence electrons. The Morgan fingerprint density at radius 1 is 1.41 bits per heavy atom. The van der Waals surface area contributed by atoms with Crippen LogP contribution in [0.2, 0.25) is 0 Å². The third kappa shape index (κ3) is 2.16. The summed E-state index contributed by atoms with van der Waals surface area (Å²) in [7, 11) is 2.03. The number of carboxylic acid groups (broad SMARTS) is 1. The van der Waals surface area contributed by atoms with E-state index < -0.39 is 5.97 Å². The minimum absolute atomic E-state index is 0.218. The van der Waals surface area contributed by atoms with Crippen LogP contribution in [0.25, 0.3) is 11.0 Å². The fraction of sp³-hybridized carbons (Fsp3) is 0.385. The van der Waals surface area contributed by atoms with Crippen LogP contribution in [0.4, 0.5) is 0 Å². The van der Waals surface area contributed by atoms with Crippen molar-refractivity contribution in [2.24, 2.45) is 7.05 Å². The fourth-order valence-corrected chi connectivity index (χ4v) is 2.18. The molecule has 0 spiro atoms. The lowest BCUT2D eigenvalue weighted by molar-refractivity contribution is -0.652. The predicted molar refractivity (Wildman–Crippen MR) is 64.7 cm³/mol. The number of fused-ring (bicyclic) bond motifs is 1. The van der Waals surface area contributed by atoms with E-state index in [1.54, 1.807) is 0 Å². The molecule has 0 radical (unpaired) electrons. The second kappa shape index (κ2) is 4.57. The number of nitrogens with zero attached hydrogens (tertiary/aromatic N) is 2. The van der Waals surface area contributed by atoms with Crippen molar-refractivity contribution in [1.82, 2.24) is 4.57 Å². The number of aryl methyl sites for hydroxylation is 2. The van der Waals surface area contributed by atoms with Crippen LogP contribution in [0, 0.1) is 6.92 Å². The van der Waals surface area contributed by atoms with Crippen molar-refractivity contribution < 1.29 is 14.5 Å². The molecule has 4 nitrogen and oxygen atoms in total. The standard InChI is InChI=1S/C13H16N2O2/c1-10-14(2)11-6-3-4-7-12(11)15(10)9-5-8-13(16)17/h3-4,6-7H,5,8-9H2,1-2H3/p+1. The van der Waals surface area contributed by atoms with Crippen LogP contribution in [0.5, 0.6) is 0 Å². The van der Waals surface area contributed by atoms with E-state index in [1.165, 1.54) is 5.52 Å². The molecule has 1 heterocycles. The molecule has 1 aromatic carbocycles. The Balaban J connectivity index is 2.33. The molecule has 1 N–H and O–H groups in total. The first-order valence-electron chi connectivity index (χ1n) is 5.77. The SMILES string of the molecule is Cc1n(CCCC(=O)O)c2ccccc2[n+]1C. The van der Waals surface area contributed by atoms with Gasteiger partial charge in [-0.05, 0) is 18.6 Å². The number of carbonyl (C=O) groups is 1. The minimum atomic E-state index is -0.733. The number of para-hydroxylation sites is 2. The van der Waals surface area contributed by atoms with Crippen molar-refractivity contribution in [2.75, 3.05) is 0 Å². The van der Waals surface area contributed by atoms with Crippen molar-refractivity contribution in [1.29, 1.82) is 0 Å². The lowest BCUT2D eigenvalue weighted by Crippen LogP contribution is -2.30. The average Bonchev–Trinajstić information content (AvgIpc) is 2.54. The van der Waals surface area contributed by atoms with E-state index in [1.807, 2.05) is 19.2 Å². The van der Waals surface area contributed by atoms with E-state index in [4.69, 9.17) is 5.11 Å². The van der Waals surface area contributed by atoms with Crippen molar-refractivity contribution >= 4 is 17.0 Å². The summed E-state index contributed by atoms with van der Waals surface area (Å²) < 4.78 is 4.31. The molecule has 2 rings (SSSR count). The highest BCUT2D eigenvalue weighted by molar-refractivity contribution is 5.72. The molecular weight excluding hydrogens is 216 g/mol. The Labute approximate surface area is 100 Å². The molecule has 0 amide bonds. The third-order valence-electron chi connectivity index (χ3n) is 3.18. The van der Waals surface area contributed by atoms with Gasteiger partial charge in [0, 0.05) is 13.3 Å². The summed E-state index contributed by atoms with van der Waals surface area (Å²) in [5, 5.41) is 8.66. The molecule has 0 bridgehead atoms. The van der Waals surface area contributed by atoms with Crippen LogP contribution >= 0.6 is 0 Å². The van der Waals surface area contributed by atoms with E-state index >= 15 is 0 Å². The molecule has 0 saturated carbocycles. The Morgan fingerprint density at radius 2 is 2.12 bits per heavy atom. The zero-order valence-corrected chi connectivity index (χ0v) is 10.2. The van der Waals surface area contributed by atoms with Crippen molar-refractivity contribution in [3.8, 4) is 0 Å². The molecule has 0 aliphatic carbocycles. The summed E-state index contributed by atoms with van der Waals surface area (Å²) in [6, 6.07) is 8.18. The molecule has 2 aromatic rings. The highest BCUT2D eigenvalue weighted by Crippen LogP contribution is 2.14. The van der Waals surface area contributed by atoms with Gasteiger partial charge in [0.25, 0.3) is 5.82 Å². The van der Waals surface area contributed by atoms with Gasteiger partial charge in [0.05, 0.1) is 13.6 Å². The molecule has 1 aromatic heterocycles. The summed E-state index contributed by atoms with van der Waals surface area (Å²) in [6.07, 6.45) is 0.879. The van der Waals surface area contributed by atoms with E-state index in [0.717, 1.165) is 17.9 Å². The molecule has 17 heavy (non-hydrogen) atoms. The van der Waals surface area contributed by atoms with E-state index in [-0.39, 0.29) is 6.42 Å². The Morgan fingerprint density at radius 3 is 2.82 bits per heavy atom. The maximum Gasteiger partial charge on any atom is 0.303 e. The molecular formula is C13H17N2O2+. The van der Waals surface area contributed by atoms with E-state index in [2.05, 4.69) is 28.2 Å². The van der Waals surface area contributed by atoms with Crippen LogP contribution < -0.4 is 4.57 Å². The summed E-state index contributed by atoms with van der Waals surface area (Å²) >= 11 is 0. The van der Waals surface area contributed by atoms with Crippen molar-refractivity contribution in [2.45, 2.75) is 26.3 Å². The fourth-order valence-electron chi connectivity index (χ4n) is 2.18. The second-order valence-electron chi connectivity index (χ2n) is 4.24. The van der Waals surface area contributed by atoms with Crippen LogP contribution in [0.3, 0.4) is 0 Å². The highest BCUT2D eigenvalue weighted by Gasteiger charge is 2.17. The number of hydrogen-bond donors (Lipinski definition) is 1. The lowest BCUT2D eigenvalue weighted by atomic mass is 10.3. The molecule has 0 aliphatic rings. The predicted octanol–water partition coefficient (Wildman–Crippen LogP) is 1.64. The summed E-state index contributed by atoms with van der Waals surface area (Å²) in [5.41, 5.74) is 2.35. The zero-order valence-electron chi connectivity index (χ0n) is 10.2. The Kier molecular flexibility index (Phi) is 3.13. The van der Waals surface area contributed by atoms with E-state index in [9.17, 15) is 4.79 Å². The summed E-state index contributed by atoms with van der Waals surface area (Å²) in [5.74, 6) is 0.417. The van der Waals surface area contributed by atoms with Crippen molar-refractivity contribution in [3.05, 3.63) is 30.1 Å². The Bertz CT molecular complexity index is 558. The number of hydrogen-bond acceptors (Lipinski definition) is 1. The number of carboxylic acids is 1. The van der Waals surface area contributed by atoms with Gasteiger partial charge in [-0.3, -0.25) is 4.79 Å². The van der Waals surface area contributed by atoms with Gasteiger partial charge >= 0.3 is 5.97 Å². The van der Waals surface area contributed by atoms with E-state index in [0.29, 0.717) is 6.42 Å². The van der Waals surface area contributed by atoms with Gasteiger partial charge < -0.3 is 5.11 Å². The Hall–Kier alpha value is -1.84. The van der Waals surface area contributed by atoms with Crippen LogP contribution in [-0.2, 0) is 18.4 Å². The minimum Gasteiger partial charge on any atom is -0.481 e. The number of rotatable bonds is 4. The number of benzene rings is 1. The first-order valence-corrected chi connectivity index (χ1v) is 5.77. The summed E-state index contributed by atoms with van der Waals surface area (Å²) in [6.45, 7) is 2.81. The van der Waals surface area contributed by atoms with Gasteiger partial charge in [0.1, 0.15) is 0 Å². The molecule has 0 unspecified atom stereocenters. The van der Waals surface area contributed by atoms with Gasteiger partial charge in [-0.2, -0.15) is 0 Å². The molecule has 0 saturated heterocycles. The normalized spacial score (nSPS) is 10.9. The number of aliphatic carboxylic acids is 1. The molecule has 0 aliphatic heterocycles. The third-order valence-corrected chi connectivity index (χ3v) is 3.18. The molecule has 0 fully saturated rings. The van der Waals surface area contributed by atoms with Crippen LogP contribution in [-0.4, -0.2) is 15.6 Å². The first kappa shape index (κ1) is 11.6. The zero-order chi connectivity index (χ0) is 12.4. The first-order chi connectivity index (χ1) is 8.11. The lowest BCUT2D eigenvalue weighted by Gasteiger charge is -1.98. The topological polar surface area (TPSA) is 46.1 Å². The van der Waals surface area contributed by atoms with Crippen LogP contribution in [0.15, 0.2) is 24.3 Å². The largest absolute Gasteiger partial charge is 0.481 e. The van der Waals surface area contributed by atoms with Gasteiger partial charge in [0.15, 0.2) is 11.0 Å². The van der Waals surface area contributed by atoms with Crippen molar-refractivity contribution in [3.63, 3.8) is 0 Å². The number of imidazole rings is 1. The highest BCUT2D eigenvalue weighted by atomic mass is 16.4. The summed E-state index contributed by atoms with van der Waals surface area (Å²) in [4.78, 5) is 10.5. The quantitative estimate of drug-likeness (QED) is 0.816. The van der Waals surface area contributed by atoms with Gasteiger partial charge in [-0.15, -0.1) is 0 Å². The maximum absolute atomic E-state index is 10.5. The van der Waals surface area contributed by atoms with Gasteiger partial charge in [0.2, 0.25) is 0 Å². The maximum atomic E-state index is 10.5. The van der Waals surface area contributed by atoms with Gasteiger partial charge in [-0.25, -0.2) is 9.13 Å².